The van der Waals surface area contributed by atoms with E-state index in [2.05, 4.69) is 22.1 Å². The number of nitrogens with zero attached hydrogens (tertiary/aromatic N) is 2. The number of pyridine rings is 1. The average Bonchev–Trinajstić information content (AvgIpc) is 2.55. The van der Waals surface area contributed by atoms with E-state index in [1.165, 1.54) is 12.8 Å². The van der Waals surface area contributed by atoms with Crippen LogP contribution in [0.15, 0.2) is 30.5 Å². The van der Waals surface area contributed by atoms with Crippen molar-refractivity contribution in [1.82, 2.24) is 15.2 Å². The lowest BCUT2D eigenvalue weighted by atomic mass is 10.0. The summed E-state index contributed by atoms with van der Waals surface area (Å²) in [6.07, 6.45) is 4.10. The molecule has 0 radical (unpaired) electrons. The van der Waals surface area contributed by atoms with Crippen molar-refractivity contribution < 1.29 is 4.39 Å². The van der Waals surface area contributed by atoms with E-state index in [9.17, 15) is 4.39 Å². The van der Waals surface area contributed by atoms with Gasteiger partial charge < -0.3 is 5.32 Å². The van der Waals surface area contributed by atoms with Gasteiger partial charge in [0, 0.05) is 24.2 Å². The number of piperidine rings is 1. The number of fused-ring (bicyclic) bond motifs is 1. The second-order valence-corrected chi connectivity index (χ2v) is 5.65. The van der Waals surface area contributed by atoms with Gasteiger partial charge in [0.25, 0.3) is 0 Å². The van der Waals surface area contributed by atoms with Gasteiger partial charge in [-0.1, -0.05) is 13.0 Å². The summed E-state index contributed by atoms with van der Waals surface area (Å²) < 4.78 is 13.9. The second-order valence-electron chi connectivity index (χ2n) is 5.65. The summed E-state index contributed by atoms with van der Waals surface area (Å²) in [4.78, 5) is 6.88. The first-order chi connectivity index (χ1) is 10.3. The van der Waals surface area contributed by atoms with E-state index < -0.39 is 0 Å². The Morgan fingerprint density at radius 2 is 2.10 bits per heavy atom. The summed E-state index contributed by atoms with van der Waals surface area (Å²) in [6, 6.07) is 7.66. The van der Waals surface area contributed by atoms with Crippen LogP contribution in [0.2, 0.25) is 0 Å². The summed E-state index contributed by atoms with van der Waals surface area (Å²) in [5, 5.41) is 4.03. The fraction of sp³-hybridized carbons (Fsp3) is 0.471. The molecule has 1 fully saturated rings. The van der Waals surface area contributed by atoms with Crippen LogP contribution < -0.4 is 5.32 Å². The van der Waals surface area contributed by atoms with Gasteiger partial charge >= 0.3 is 0 Å². The molecule has 3 nitrogen and oxygen atoms in total. The van der Waals surface area contributed by atoms with E-state index in [0.29, 0.717) is 11.4 Å². The molecule has 0 unspecified atom stereocenters. The molecule has 0 atom stereocenters. The molecular weight excluding hydrogens is 265 g/mol. The van der Waals surface area contributed by atoms with E-state index in [0.717, 1.165) is 37.3 Å². The van der Waals surface area contributed by atoms with Gasteiger partial charge in [-0.2, -0.15) is 0 Å². The first kappa shape index (κ1) is 14.4. The highest BCUT2D eigenvalue weighted by molar-refractivity contribution is 5.82. The molecule has 0 saturated carbocycles. The minimum Gasteiger partial charge on any atom is -0.317 e. The maximum atomic E-state index is 13.9. The van der Waals surface area contributed by atoms with E-state index in [4.69, 9.17) is 0 Å². The molecule has 1 aliphatic rings. The molecule has 0 amide bonds. The fourth-order valence-corrected chi connectivity index (χ4v) is 3.21. The Labute approximate surface area is 125 Å². The highest BCUT2D eigenvalue weighted by Gasteiger charge is 2.20. The van der Waals surface area contributed by atoms with Gasteiger partial charge in [0.15, 0.2) is 0 Å². The van der Waals surface area contributed by atoms with Crippen LogP contribution in [0.3, 0.4) is 0 Å². The number of halogens is 1. The Balaban J connectivity index is 1.87. The van der Waals surface area contributed by atoms with E-state index in [-0.39, 0.29) is 5.82 Å². The largest absolute Gasteiger partial charge is 0.317 e. The van der Waals surface area contributed by atoms with Crippen LogP contribution in [-0.2, 0) is 6.54 Å². The Morgan fingerprint density at radius 3 is 2.86 bits per heavy atom. The topological polar surface area (TPSA) is 28.2 Å². The number of hydrogen-bond donors (Lipinski definition) is 1. The SMILES string of the molecule is CCN(Cc1ccc(F)c2cccnc12)C1CCNCC1. The molecule has 1 aliphatic heterocycles. The van der Waals surface area contributed by atoms with Gasteiger partial charge in [-0.05, 0) is 56.2 Å². The van der Waals surface area contributed by atoms with Crippen LogP contribution in [0.25, 0.3) is 10.9 Å². The highest BCUT2D eigenvalue weighted by Crippen LogP contribution is 2.23. The third-order valence-corrected chi connectivity index (χ3v) is 4.40. The van der Waals surface area contributed by atoms with E-state index >= 15 is 0 Å². The molecule has 1 N–H and O–H groups in total. The van der Waals surface area contributed by atoms with Crippen molar-refractivity contribution in [3.63, 3.8) is 0 Å². The van der Waals surface area contributed by atoms with Gasteiger partial charge in [-0.15, -0.1) is 0 Å². The number of aromatic nitrogens is 1. The molecule has 0 spiro atoms. The van der Waals surface area contributed by atoms with Crippen molar-refractivity contribution in [2.24, 2.45) is 0 Å². The molecule has 4 heteroatoms. The Morgan fingerprint density at radius 1 is 1.29 bits per heavy atom. The van der Waals surface area contributed by atoms with Gasteiger partial charge in [-0.3, -0.25) is 9.88 Å². The first-order valence-corrected chi connectivity index (χ1v) is 7.76. The zero-order valence-electron chi connectivity index (χ0n) is 12.5. The predicted octanol–water partition coefficient (Wildman–Crippen LogP) is 2.95. The minimum atomic E-state index is -0.188. The molecule has 2 heterocycles. The van der Waals surface area contributed by atoms with Crippen molar-refractivity contribution in [3.05, 3.63) is 41.8 Å². The van der Waals surface area contributed by atoms with Crippen LogP contribution in [0.4, 0.5) is 4.39 Å². The van der Waals surface area contributed by atoms with Crippen LogP contribution >= 0.6 is 0 Å². The van der Waals surface area contributed by atoms with E-state index in [1.54, 1.807) is 18.3 Å². The zero-order chi connectivity index (χ0) is 14.7. The highest BCUT2D eigenvalue weighted by atomic mass is 19.1. The second kappa shape index (κ2) is 6.50. The molecule has 3 rings (SSSR count). The summed E-state index contributed by atoms with van der Waals surface area (Å²) >= 11 is 0. The van der Waals surface area contributed by atoms with Gasteiger partial charge in [-0.25, -0.2) is 4.39 Å². The lowest BCUT2D eigenvalue weighted by molar-refractivity contribution is 0.162. The van der Waals surface area contributed by atoms with Gasteiger partial charge in [0.2, 0.25) is 0 Å². The molecule has 1 aromatic heterocycles. The maximum Gasteiger partial charge on any atom is 0.132 e. The molecule has 0 aliphatic carbocycles. The normalized spacial score (nSPS) is 16.7. The predicted molar refractivity (Wildman–Crippen MR) is 83.7 cm³/mol. The fourth-order valence-electron chi connectivity index (χ4n) is 3.21. The summed E-state index contributed by atoms with van der Waals surface area (Å²) in [5.41, 5.74) is 1.91. The van der Waals surface area contributed by atoms with E-state index in [1.807, 2.05) is 12.1 Å². The number of benzene rings is 1. The summed E-state index contributed by atoms with van der Waals surface area (Å²) in [5.74, 6) is -0.188. The number of nitrogens with one attached hydrogen (secondary N) is 1. The first-order valence-electron chi connectivity index (χ1n) is 7.76. The smallest absolute Gasteiger partial charge is 0.132 e. The average molecular weight is 287 g/mol. The monoisotopic (exact) mass is 287 g/mol. The van der Waals surface area contributed by atoms with Crippen molar-refractivity contribution in [2.75, 3.05) is 19.6 Å². The quantitative estimate of drug-likeness (QED) is 0.937. The molecule has 21 heavy (non-hydrogen) atoms. The van der Waals surface area contributed by atoms with Gasteiger partial charge in [0.05, 0.1) is 5.52 Å². The molecule has 1 aromatic carbocycles. The standard InChI is InChI=1S/C17H22FN3/c1-2-21(14-7-10-19-11-8-14)12-13-5-6-16(18)15-4-3-9-20-17(13)15/h3-6,9,14,19H,2,7-8,10-12H2,1H3. The molecule has 2 aromatic rings. The Kier molecular flexibility index (Phi) is 4.46. The molecule has 0 bridgehead atoms. The van der Waals surface area contributed by atoms with Crippen LogP contribution in [0.5, 0.6) is 0 Å². The summed E-state index contributed by atoms with van der Waals surface area (Å²) in [6.45, 7) is 6.22. The third-order valence-electron chi connectivity index (χ3n) is 4.40. The van der Waals surface area contributed by atoms with Crippen LogP contribution in [-0.4, -0.2) is 35.6 Å². The van der Waals surface area contributed by atoms with Crippen LogP contribution in [0, 0.1) is 5.82 Å². The lowest BCUT2D eigenvalue weighted by Crippen LogP contribution is -2.42. The van der Waals surface area contributed by atoms with Crippen molar-refractivity contribution >= 4 is 10.9 Å². The van der Waals surface area contributed by atoms with Crippen molar-refractivity contribution in [2.45, 2.75) is 32.4 Å². The van der Waals surface area contributed by atoms with Gasteiger partial charge in [0.1, 0.15) is 5.82 Å². The Hall–Kier alpha value is -1.52. The third kappa shape index (κ3) is 3.06. The van der Waals surface area contributed by atoms with Crippen molar-refractivity contribution in [3.8, 4) is 0 Å². The maximum absolute atomic E-state index is 13.9. The molecule has 112 valence electrons. The molecule has 1 saturated heterocycles. The Bertz CT molecular complexity index is 608. The zero-order valence-corrected chi connectivity index (χ0v) is 12.5. The van der Waals surface area contributed by atoms with Crippen molar-refractivity contribution in [1.29, 1.82) is 0 Å². The van der Waals surface area contributed by atoms with Crippen LogP contribution in [0.1, 0.15) is 25.3 Å². The number of rotatable bonds is 4. The molecular formula is C17H22FN3. The lowest BCUT2D eigenvalue weighted by Gasteiger charge is -2.34. The minimum absolute atomic E-state index is 0.188. The summed E-state index contributed by atoms with van der Waals surface area (Å²) in [7, 11) is 0. The number of hydrogen-bond acceptors (Lipinski definition) is 3.